The quantitative estimate of drug-likeness (QED) is 0.916. The molecule has 114 valence electrons. The van der Waals surface area contributed by atoms with Crippen LogP contribution in [0.2, 0.25) is 0 Å². The van der Waals surface area contributed by atoms with Gasteiger partial charge in [0.25, 0.3) is 0 Å². The first-order valence-electron chi connectivity index (χ1n) is 7.49. The first kappa shape index (κ1) is 14.4. The molecule has 1 aromatic heterocycles. The van der Waals surface area contributed by atoms with E-state index in [1.54, 1.807) is 0 Å². The topological polar surface area (TPSA) is 29.9 Å². The van der Waals surface area contributed by atoms with Crippen LogP contribution in [0.15, 0.2) is 24.3 Å². The molecule has 0 radical (unpaired) electrons. The number of hydrogen-bond acceptors (Lipinski definition) is 2. The number of hydrogen-bond donors (Lipinski definition) is 1. The van der Waals surface area contributed by atoms with E-state index in [0.29, 0.717) is 0 Å². The van der Waals surface area contributed by atoms with E-state index in [1.165, 1.54) is 0 Å². The summed E-state index contributed by atoms with van der Waals surface area (Å²) in [6, 6.07) is 8.19. The molecule has 1 aliphatic carbocycles. The maximum absolute atomic E-state index is 12.9. The molecule has 0 bridgehead atoms. The number of nitrogens with one attached hydrogen (secondary N) is 1. The molecule has 1 aliphatic rings. The average molecular weight is 293 g/mol. The van der Waals surface area contributed by atoms with Crippen molar-refractivity contribution in [2.45, 2.75) is 45.2 Å². The van der Waals surface area contributed by atoms with Gasteiger partial charge in [0.2, 0.25) is 5.92 Å². The van der Waals surface area contributed by atoms with E-state index in [1.807, 2.05) is 32.0 Å². The van der Waals surface area contributed by atoms with Gasteiger partial charge in [-0.15, -0.1) is 0 Å². The lowest BCUT2D eigenvalue weighted by Crippen LogP contribution is -2.47. The Morgan fingerprint density at radius 3 is 2.81 bits per heavy atom. The molecule has 1 unspecified atom stereocenters. The third kappa shape index (κ3) is 2.93. The molecule has 0 amide bonds. The third-order valence-corrected chi connectivity index (χ3v) is 4.48. The Balaban J connectivity index is 1.56. The molecule has 1 fully saturated rings. The van der Waals surface area contributed by atoms with Gasteiger partial charge in [0.1, 0.15) is 5.82 Å². The fraction of sp³-hybridized carbons (Fsp3) is 0.562. The largest absolute Gasteiger partial charge is 0.327 e. The third-order valence-electron chi connectivity index (χ3n) is 4.48. The Kier molecular flexibility index (Phi) is 3.69. The van der Waals surface area contributed by atoms with Crippen molar-refractivity contribution in [2.24, 2.45) is 5.92 Å². The van der Waals surface area contributed by atoms with Gasteiger partial charge in [0.05, 0.1) is 11.0 Å². The lowest BCUT2D eigenvalue weighted by molar-refractivity contribution is -0.117. The molecule has 1 atom stereocenters. The van der Waals surface area contributed by atoms with Crippen molar-refractivity contribution in [3.8, 4) is 0 Å². The second-order valence-electron chi connectivity index (χ2n) is 6.07. The summed E-state index contributed by atoms with van der Waals surface area (Å²) >= 11 is 0. The number of imidazole rings is 1. The molecule has 1 N–H and O–H groups in total. The Morgan fingerprint density at radius 1 is 1.38 bits per heavy atom. The summed E-state index contributed by atoms with van der Waals surface area (Å²) in [6.45, 7) is 5.57. The molecular formula is C16H21F2N3. The standard InChI is InChI=1S/C16H21F2N3/c1-11(13-9-16(17,18)10-13)19-7-8-21-12(2)20-14-5-3-4-6-15(14)21/h3-6,11,13,19H,7-10H2,1-2H3. The van der Waals surface area contributed by atoms with Crippen molar-refractivity contribution in [1.29, 1.82) is 0 Å². The van der Waals surface area contributed by atoms with Crippen LogP contribution >= 0.6 is 0 Å². The van der Waals surface area contributed by atoms with E-state index in [2.05, 4.69) is 20.9 Å². The highest BCUT2D eigenvalue weighted by molar-refractivity contribution is 5.75. The fourth-order valence-electron chi connectivity index (χ4n) is 3.11. The molecular weight excluding hydrogens is 272 g/mol. The van der Waals surface area contributed by atoms with Crippen LogP contribution in [0.5, 0.6) is 0 Å². The van der Waals surface area contributed by atoms with Crippen LogP contribution in [-0.4, -0.2) is 28.1 Å². The van der Waals surface area contributed by atoms with Crippen LogP contribution in [-0.2, 0) is 6.54 Å². The predicted octanol–water partition coefficient (Wildman–Crippen LogP) is 3.37. The molecule has 5 heteroatoms. The van der Waals surface area contributed by atoms with E-state index in [0.717, 1.165) is 29.9 Å². The number of rotatable bonds is 5. The molecule has 21 heavy (non-hydrogen) atoms. The summed E-state index contributed by atoms with van der Waals surface area (Å²) in [6.07, 6.45) is 0.0440. The van der Waals surface area contributed by atoms with Crippen molar-refractivity contribution < 1.29 is 8.78 Å². The van der Waals surface area contributed by atoms with Gasteiger partial charge >= 0.3 is 0 Å². The molecule has 2 aromatic rings. The molecule has 3 rings (SSSR count). The van der Waals surface area contributed by atoms with Crippen molar-refractivity contribution in [3.63, 3.8) is 0 Å². The summed E-state index contributed by atoms with van der Waals surface area (Å²) in [4.78, 5) is 4.53. The monoisotopic (exact) mass is 293 g/mol. The van der Waals surface area contributed by atoms with E-state index >= 15 is 0 Å². The normalized spacial score (nSPS) is 19.6. The summed E-state index contributed by atoms with van der Waals surface area (Å²) in [5, 5.41) is 3.37. The van der Waals surface area contributed by atoms with Gasteiger partial charge in [-0.25, -0.2) is 13.8 Å². The molecule has 0 spiro atoms. The minimum Gasteiger partial charge on any atom is -0.327 e. The number of para-hydroxylation sites is 2. The van der Waals surface area contributed by atoms with Crippen molar-refractivity contribution in [3.05, 3.63) is 30.1 Å². The number of halogens is 2. The highest BCUT2D eigenvalue weighted by Gasteiger charge is 2.47. The van der Waals surface area contributed by atoms with Crippen molar-refractivity contribution in [2.75, 3.05) is 6.54 Å². The van der Waals surface area contributed by atoms with Crippen molar-refractivity contribution in [1.82, 2.24) is 14.9 Å². The lowest BCUT2D eigenvalue weighted by atomic mass is 9.77. The summed E-state index contributed by atoms with van der Waals surface area (Å²) in [5.74, 6) is -1.35. The summed E-state index contributed by atoms with van der Waals surface area (Å²) < 4.78 is 27.9. The van der Waals surface area contributed by atoms with Gasteiger partial charge < -0.3 is 9.88 Å². The van der Waals surface area contributed by atoms with E-state index < -0.39 is 5.92 Å². The maximum Gasteiger partial charge on any atom is 0.248 e. The number of benzene rings is 1. The number of aryl methyl sites for hydroxylation is 1. The Morgan fingerprint density at radius 2 is 2.10 bits per heavy atom. The number of nitrogens with zero attached hydrogens (tertiary/aromatic N) is 2. The van der Waals surface area contributed by atoms with Gasteiger partial charge in [0.15, 0.2) is 0 Å². The zero-order valence-electron chi connectivity index (χ0n) is 12.4. The van der Waals surface area contributed by atoms with Crippen LogP contribution in [0.25, 0.3) is 11.0 Å². The van der Waals surface area contributed by atoms with Crippen LogP contribution in [0.3, 0.4) is 0 Å². The molecule has 3 nitrogen and oxygen atoms in total. The molecule has 0 saturated heterocycles. The second-order valence-corrected chi connectivity index (χ2v) is 6.07. The fourth-order valence-corrected chi connectivity index (χ4v) is 3.11. The summed E-state index contributed by atoms with van der Waals surface area (Å²) in [7, 11) is 0. The Labute approximate surface area is 123 Å². The zero-order valence-corrected chi connectivity index (χ0v) is 12.4. The first-order valence-corrected chi connectivity index (χ1v) is 7.49. The Bertz CT molecular complexity index is 627. The minimum atomic E-state index is -2.43. The van der Waals surface area contributed by atoms with Crippen LogP contribution in [0.4, 0.5) is 8.78 Å². The van der Waals surface area contributed by atoms with Gasteiger partial charge in [-0.3, -0.25) is 0 Å². The zero-order chi connectivity index (χ0) is 15.0. The lowest BCUT2D eigenvalue weighted by Gasteiger charge is -2.39. The van der Waals surface area contributed by atoms with Gasteiger partial charge in [-0.2, -0.15) is 0 Å². The van der Waals surface area contributed by atoms with Crippen molar-refractivity contribution >= 4 is 11.0 Å². The Hall–Kier alpha value is -1.49. The van der Waals surface area contributed by atoms with Gasteiger partial charge in [-0.05, 0) is 31.9 Å². The van der Waals surface area contributed by atoms with Gasteiger partial charge in [-0.1, -0.05) is 12.1 Å². The van der Waals surface area contributed by atoms with E-state index in [4.69, 9.17) is 0 Å². The van der Waals surface area contributed by atoms with E-state index in [-0.39, 0.29) is 24.8 Å². The number of alkyl halides is 2. The average Bonchev–Trinajstić information content (AvgIpc) is 2.72. The molecule has 1 aromatic carbocycles. The predicted molar refractivity (Wildman–Crippen MR) is 79.6 cm³/mol. The smallest absolute Gasteiger partial charge is 0.248 e. The highest BCUT2D eigenvalue weighted by Crippen LogP contribution is 2.43. The number of aromatic nitrogens is 2. The molecule has 0 aliphatic heterocycles. The van der Waals surface area contributed by atoms with Crippen LogP contribution < -0.4 is 5.32 Å². The van der Waals surface area contributed by atoms with Gasteiger partial charge in [0, 0.05) is 32.0 Å². The minimum absolute atomic E-state index is 0.0220. The molecule has 1 heterocycles. The summed E-state index contributed by atoms with van der Waals surface area (Å²) in [5.41, 5.74) is 2.13. The second kappa shape index (κ2) is 5.37. The number of fused-ring (bicyclic) bond motifs is 1. The molecule has 1 saturated carbocycles. The maximum atomic E-state index is 12.9. The first-order chi connectivity index (χ1) is 9.96. The van der Waals surface area contributed by atoms with Crippen LogP contribution in [0, 0.1) is 12.8 Å². The van der Waals surface area contributed by atoms with E-state index in [9.17, 15) is 8.78 Å². The van der Waals surface area contributed by atoms with Crippen LogP contribution in [0.1, 0.15) is 25.6 Å². The SMILES string of the molecule is Cc1nc2ccccc2n1CCNC(C)C1CC(F)(F)C1. The highest BCUT2D eigenvalue weighted by atomic mass is 19.3.